The van der Waals surface area contributed by atoms with Crippen LogP contribution in [-0.2, 0) is 29.7 Å². The minimum absolute atomic E-state index is 0.0302. The quantitative estimate of drug-likeness (QED) is 0.425. The highest BCUT2D eigenvalue weighted by atomic mass is 32.2. The van der Waals surface area contributed by atoms with E-state index in [1.54, 1.807) is 0 Å². The van der Waals surface area contributed by atoms with Gasteiger partial charge in [0.25, 0.3) is 20.2 Å². The van der Waals surface area contributed by atoms with Gasteiger partial charge in [-0.1, -0.05) is 12.8 Å². The summed E-state index contributed by atoms with van der Waals surface area (Å²) in [6, 6.07) is 0. The van der Waals surface area contributed by atoms with Crippen LogP contribution >= 0.6 is 0 Å². The fourth-order valence-corrected chi connectivity index (χ4v) is 6.07. The predicted molar refractivity (Wildman–Crippen MR) is 119 cm³/mol. The Kier molecular flexibility index (Phi) is 10.2. The van der Waals surface area contributed by atoms with E-state index >= 15 is 0 Å². The van der Waals surface area contributed by atoms with Crippen LogP contribution in [0, 0.1) is 17.8 Å². The maximum absolute atomic E-state index is 11.3. The molecule has 0 spiro atoms. The smallest absolute Gasteiger partial charge is 0.269 e. The molecule has 2 unspecified atom stereocenters. The summed E-state index contributed by atoms with van der Waals surface area (Å²) >= 11 is 0. The van der Waals surface area contributed by atoms with Gasteiger partial charge >= 0.3 is 0 Å². The van der Waals surface area contributed by atoms with Crippen molar-refractivity contribution in [1.82, 2.24) is 0 Å². The molecule has 31 heavy (non-hydrogen) atoms. The van der Waals surface area contributed by atoms with Gasteiger partial charge in [-0.3, -0.25) is 9.11 Å². The molecular formula is C21H40O8S2. The van der Waals surface area contributed by atoms with E-state index in [1.165, 1.54) is 6.92 Å². The Morgan fingerprint density at radius 1 is 0.839 bits per heavy atom. The van der Waals surface area contributed by atoms with Gasteiger partial charge in [0.15, 0.2) is 0 Å². The van der Waals surface area contributed by atoms with E-state index in [1.807, 2.05) is 13.8 Å². The van der Waals surface area contributed by atoms with Crippen LogP contribution < -0.4 is 0 Å². The van der Waals surface area contributed by atoms with Gasteiger partial charge in [-0.05, 0) is 83.5 Å². The highest BCUT2D eigenvalue weighted by molar-refractivity contribution is 7.86. The zero-order valence-electron chi connectivity index (χ0n) is 19.0. The van der Waals surface area contributed by atoms with Gasteiger partial charge in [-0.25, -0.2) is 0 Å². The number of hydrogen-bond acceptors (Lipinski definition) is 6. The lowest BCUT2D eigenvalue weighted by atomic mass is 9.70. The maximum atomic E-state index is 11.3. The fourth-order valence-electron chi connectivity index (χ4n) is 5.13. The highest BCUT2D eigenvalue weighted by Crippen LogP contribution is 2.41. The first-order valence-corrected chi connectivity index (χ1v) is 14.6. The van der Waals surface area contributed by atoms with E-state index < -0.39 is 31.6 Å². The van der Waals surface area contributed by atoms with E-state index in [4.69, 9.17) is 14.0 Å². The Morgan fingerprint density at radius 2 is 1.35 bits per heavy atom. The van der Waals surface area contributed by atoms with E-state index in [9.17, 15) is 21.4 Å². The minimum atomic E-state index is -4.06. The van der Waals surface area contributed by atoms with Crippen LogP contribution in [0.1, 0.15) is 78.6 Å². The summed E-state index contributed by atoms with van der Waals surface area (Å²) in [4.78, 5) is 0. The molecule has 10 heteroatoms. The van der Waals surface area contributed by atoms with Crippen LogP contribution in [0.25, 0.3) is 0 Å². The summed E-state index contributed by atoms with van der Waals surface area (Å²) in [7, 11) is -8.10. The van der Waals surface area contributed by atoms with Gasteiger partial charge in [0, 0.05) is 0 Å². The molecule has 0 aromatic heterocycles. The maximum Gasteiger partial charge on any atom is 0.269 e. The molecule has 184 valence electrons. The molecule has 0 aromatic rings. The van der Waals surface area contributed by atoms with Crippen molar-refractivity contribution in [1.29, 1.82) is 0 Å². The fraction of sp³-hybridized carbons (Fsp3) is 1.00. The second-order valence-corrected chi connectivity index (χ2v) is 13.1. The van der Waals surface area contributed by atoms with Crippen molar-refractivity contribution < 1.29 is 35.4 Å². The topological polar surface area (TPSA) is 127 Å². The van der Waals surface area contributed by atoms with Crippen LogP contribution in [-0.4, -0.2) is 61.9 Å². The van der Waals surface area contributed by atoms with Crippen molar-refractivity contribution in [2.45, 2.75) is 102 Å². The molecule has 2 aliphatic carbocycles. The summed E-state index contributed by atoms with van der Waals surface area (Å²) in [5.41, 5.74) is 0. The van der Waals surface area contributed by atoms with Crippen molar-refractivity contribution in [3.8, 4) is 0 Å². The normalized spacial score (nSPS) is 30.3. The Hall–Kier alpha value is -0.260. The van der Waals surface area contributed by atoms with Gasteiger partial charge in [0.2, 0.25) is 0 Å². The summed E-state index contributed by atoms with van der Waals surface area (Å²) in [5, 5.41) is -0.898. The van der Waals surface area contributed by atoms with E-state index in [2.05, 4.69) is 0 Å². The van der Waals surface area contributed by atoms with Crippen LogP contribution in [0.15, 0.2) is 0 Å². The average Bonchev–Trinajstić information content (AvgIpc) is 2.64. The lowest BCUT2D eigenvalue weighted by molar-refractivity contribution is -0.00483. The zero-order valence-corrected chi connectivity index (χ0v) is 20.6. The van der Waals surface area contributed by atoms with Crippen molar-refractivity contribution in [2.75, 3.05) is 12.4 Å². The van der Waals surface area contributed by atoms with Crippen molar-refractivity contribution in [3.63, 3.8) is 0 Å². The van der Waals surface area contributed by atoms with Gasteiger partial charge in [-0.15, -0.1) is 0 Å². The highest BCUT2D eigenvalue weighted by Gasteiger charge is 2.33. The molecule has 0 heterocycles. The first-order valence-electron chi connectivity index (χ1n) is 11.5. The summed E-state index contributed by atoms with van der Waals surface area (Å²) in [6.45, 7) is 5.23. The number of rotatable bonds is 11. The Morgan fingerprint density at radius 3 is 1.81 bits per heavy atom. The molecule has 2 atom stereocenters. The molecule has 0 radical (unpaired) electrons. The predicted octanol–water partition coefficient (Wildman–Crippen LogP) is 3.72. The minimum Gasteiger partial charge on any atom is -0.377 e. The van der Waals surface area contributed by atoms with Crippen LogP contribution in [0.4, 0.5) is 0 Å². The van der Waals surface area contributed by atoms with Gasteiger partial charge in [-0.2, -0.15) is 16.8 Å². The van der Waals surface area contributed by atoms with Crippen LogP contribution in [0.2, 0.25) is 0 Å². The zero-order chi connectivity index (χ0) is 23.2. The third-order valence-electron chi connectivity index (χ3n) is 6.81. The SMILES string of the molecule is CC(C)OC(CC1CCC(C2CCC(OCC(C)S(=O)(=O)O)CC2)CC1)CS(=O)(=O)O. The van der Waals surface area contributed by atoms with Gasteiger partial charge in [0.05, 0.1) is 24.9 Å². The molecular weight excluding hydrogens is 444 g/mol. The van der Waals surface area contributed by atoms with Crippen molar-refractivity contribution in [2.24, 2.45) is 17.8 Å². The second kappa shape index (κ2) is 11.7. The molecule has 2 fully saturated rings. The lowest BCUT2D eigenvalue weighted by Gasteiger charge is -2.38. The molecule has 0 aliphatic heterocycles. The van der Waals surface area contributed by atoms with Crippen molar-refractivity contribution >= 4 is 20.2 Å². The lowest BCUT2D eigenvalue weighted by Crippen LogP contribution is -2.33. The summed E-state index contributed by atoms with van der Waals surface area (Å²) in [5.74, 6) is 1.40. The molecule has 2 saturated carbocycles. The first-order chi connectivity index (χ1) is 14.3. The second-order valence-electron chi connectivity index (χ2n) is 9.77. The monoisotopic (exact) mass is 484 g/mol. The Bertz CT molecular complexity index is 733. The average molecular weight is 485 g/mol. The largest absolute Gasteiger partial charge is 0.377 e. The molecule has 2 N–H and O–H groups in total. The first kappa shape index (κ1) is 27.0. The molecule has 0 saturated heterocycles. The summed E-state index contributed by atoms with van der Waals surface area (Å²) < 4.78 is 74.5. The molecule has 2 rings (SSSR count). The van der Waals surface area contributed by atoms with Crippen LogP contribution in [0.5, 0.6) is 0 Å². The number of hydrogen-bond donors (Lipinski definition) is 2. The molecule has 2 aliphatic rings. The standard InChI is InChI=1S/C21H40O8S2/c1-15(2)29-21(14-30(22,23)24)12-17-4-6-18(7-5-17)19-8-10-20(11-9-19)28-13-16(3)31(25,26)27/h15-21H,4-14H2,1-3H3,(H,22,23,24)(H,25,26,27). The van der Waals surface area contributed by atoms with E-state index in [0.717, 1.165) is 51.4 Å². The Labute approximate surface area is 188 Å². The molecule has 8 nitrogen and oxygen atoms in total. The summed E-state index contributed by atoms with van der Waals surface area (Å²) in [6.07, 6.45) is 8.51. The van der Waals surface area contributed by atoms with E-state index in [-0.39, 0.29) is 24.6 Å². The molecule has 0 amide bonds. The van der Waals surface area contributed by atoms with Crippen molar-refractivity contribution in [3.05, 3.63) is 0 Å². The third kappa shape index (κ3) is 10.0. The third-order valence-corrected chi connectivity index (χ3v) is 8.76. The molecule has 0 bridgehead atoms. The molecule has 0 aromatic carbocycles. The Balaban J connectivity index is 1.73. The van der Waals surface area contributed by atoms with Gasteiger partial charge < -0.3 is 9.47 Å². The number of ether oxygens (including phenoxy) is 2. The van der Waals surface area contributed by atoms with Crippen LogP contribution in [0.3, 0.4) is 0 Å². The van der Waals surface area contributed by atoms with Gasteiger partial charge in [0.1, 0.15) is 11.0 Å². The van der Waals surface area contributed by atoms with E-state index in [0.29, 0.717) is 24.2 Å².